The second kappa shape index (κ2) is 11.7. The molecule has 0 aliphatic heterocycles. The van der Waals surface area contributed by atoms with E-state index in [2.05, 4.69) is 26.3 Å². The van der Waals surface area contributed by atoms with E-state index in [4.69, 9.17) is 11.6 Å². The van der Waals surface area contributed by atoms with Crippen LogP contribution in [0.25, 0.3) is 0 Å². The number of nitrogens with zero attached hydrogens (tertiary/aromatic N) is 1. The number of halogens is 1. The lowest BCUT2D eigenvalue weighted by Crippen LogP contribution is -2.42. The second-order valence-electron chi connectivity index (χ2n) is 6.19. The zero-order valence-corrected chi connectivity index (χ0v) is 17.3. The Kier molecular flexibility index (Phi) is 8.98. The van der Waals surface area contributed by atoms with Gasteiger partial charge in [0.25, 0.3) is 11.8 Å². The standard InChI is InChI=1S/C21H26ClN5O2/c1-23-19(28)16-7-5-6-15(14-16)10-11-26-21(24-2)27-13-12-25-20(29)17-8-3-4-9-18(17)22/h3-9,14H,10-13H2,1-2H3,(H,23,28)(H,25,29)(H2,24,26,27). The van der Waals surface area contributed by atoms with E-state index in [0.29, 0.717) is 41.7 Å². The van der Waals surface area contributed by atoms with Crippen molar-refractivity contribution in [1.29, 1.82) is 0 Å². The van der Waals surface area contributed by atoms with E-state index < -0.39 is 0 Å². The molecule has 0 fully saturated rings. The van der Waals surface area contributed by atoms with Crippen LogP contribution >= 0.6 is 11.6 Å². The van der Waals surface area contributed by atoms with E-state index in [0.717, 1.165) is 12.0 Å². The Morgan fingerprint density at radius 1 is 0.931 bits per heavy atom. The molecule has 7 nitrogen and oxygen atoms in total. The Bertz CT molecular complexity index is 870. The van der Waals surface area contributed by atoms with Crippen molar-refractivity contribution >= 4 is 29.4 Å². The molecule has 154 valence electrons. The number of aliphatic imine (C=N–C) groups is 1. The quantitative estimate of drug-likeness (QED) is 0.300. The summed E-state index contributed by atoms with van der Waals surface area (Å²) in [4.78, 5) is 28.0. The molecule has 0 aliphatic rings. The first-order chi connectivity index (χ1) is 14.0. The third-order valence-electron chi connectivity index (χ3n) is 4.17. The normalized spacial score (nSPS) is 10.9. The molecular formula is C21H26ClN5O2. The Hall–Kier alpha value is -3.06. The molecule has 2 aromatic rings. The van der Waals surface area contributed by atoms with Gasteiger partial charge in [-0.05, 0) is 36.2 Å². The number of nitrogens with one attached hydrogen (secondary N) is 4. The minimum Gasteiger partial charge on any atom is -0.356 e. The second-order valence-corrected chi connectivity index (χ2v) is 6.60. The smallest absolute Gasteiger partial charge is 0.252 e. The highest BCUT2D eigenvalue weighted by Crippen LogP contribution is 2.14. The topological polar surface area (TPSA) is 94.6 Å². The van der Waals surface area contributed by atoms with Crippen LogP contribution in [-0.2, 0) is 6.42 Å². The molecule has 2 amide bonds. The highest BCUT2D eigenvalue weighted by molar-refractivity contribution is 6.33. The maximum absolute atomic E-state index is 12.1. The van der Waals surface area contributed by atoms with Crippen LogP contribution < -0.4 is 21.3 Å². The van der Waals surface area contributed by atoms with Crippen molar-refractivity contribution in [1.82, 2.24) is 21.3 Å². The molecule has 2 aromatic carbocycles. The number of carbonyl (C=O) groups excluding carboxylic acids is 2. The van der Waals surface area contributed by atoms with Crippen LogP contribution in [-0.4, -0.2) is 51.5 Å². The Balaban J connectivity index is 1.71. The third-order valence-corrected chi connectivity index (χ3v) is 4.50. The van der Waals surface area contributed by atoms with Gasteiger partial charge in [0.1, 0.15) is 0 Å². The lowest BCUT2D eigenvalue weighted by atomic mass is 10.1. The van der Waals surface area contributed by atoms with Gasteiger partial charge in [-0.15, -0.1) is 0 Å². The van der Waals surface area contributed by atoms with Crippen molar-refractivity contribution in [3.63, 3.8) is 0 Å². The fourth-order valence-corrected chi connectivity index (χ4v) is 2.88. The minimum absolute atomic E-state index is 0.101. The van der Waals surface area contributed by atoms with Gasteiger partial charge in [0, 0.05) is 39.3 Å². The predicted octanol–water partition coefficient (Wildman–Crippen LogP) is 1.84. The van der Waals surface area contributed by atoms with E-state index in [1.807, 2.05) is 18.2 Å². The largest absolute Gasteiger partial charge is 0.356 e. The van der Waals surface area contributed by atoms with Gasteiger partial charge in [0.05, 0.1) is 10.6 Å². The summed E-state index contributed by atoms with van der Waals surface area (Å²) < 4.78 is 0. The monoisotopic (exact) mass is 415 g/mol. The van der Waals surface area contributed by atoms with Crippen molar-refractivity contribution in [3.05, 3.63) is 70.2 Å². The molecule has 29 heavy (non-hydrogen) atoms. The van der Waals surface area contributed by atoms with E-state index in [-0.39, 0.29) is 11.8 Å². The maximum Gasteiger partial charge on any atom is 0.252 e. The van der Waals surface area contributed by atoms with Gasteiger partial charge in [-0.3, -0.25) is 14.6 Å². The van der Waals surface area contributed by atoms with Crippen LogP contribution in [0, 0.1) is 0 Å². The molecule has 0 atom stereocenters. The third kappa shape index (κ3) is 7.12. The van der Waals surface area contributed by atoms with Crippen LogP contribution in [0.4, 0.5) is 0 Å². The molecule has 0 saturated heterocycles. The van der Waals surface area contributed by atoms with Gasteiger partial charge < -0.3 is 21.3 Å². The Morgan fingerprint density at radius 2 is 1.66 bits per heavy atom. The van der Waals surface area contributed by atoms with Crippen molar-refractivity contribution in [2.24, 2.45) is 4.99 Å². The lowest BCUT2D eigenvalue weighted by molar-refractivity contribution is 0.0949. The molecular weight excluding hydrogens is 390 g/mol. The molecule has 0 unspecified atom stereocenters. The fraction of sp³-hybridized carbons (Fsp3) is 0.286. The van der Waals surface area contributed by atoms with Crippen LogP contribution in [0.3, 0.4) is 0 Å². The summed E-state index contributed by atoms with van der Waals surface area (Å²) in [5, 5.41) is 12.2. The molecule has 8 heteroatoms. The number of guanidine groups is 1. The first-order valence-electron chi connectivity index (χ1n) is 9.33. The fourth-order valence-electron chi connectivity index (χ4n) is 2.66. The SMILES string of the molecule is CN=C(NCCNC(=O)c1ccccc1Cl)NCCc1cccc(C(=O)NC)c1. The Morgan fingerprint density at radius 3 is 2.38 bits per heavy atom. The first-order valence-corrected chi connectivity index (χ1v) is 9.71. The molecule has 0 aliphatic carbocycles. The number of amides is 2. The minimum atomic E-state index is -0.212. The van der Waals surface area contributed by atoms with Crippen LogP contribution in [0.2, 0.25) is 5.02 Å². The average molecular weight is 416 g/mol. The summed E-state index contributed by atoms with van der Waals surface area (Å²) in [6, 6.07) is 14.4. The van der Waals surface area contributed by atoms with Gasteiger partial charge in [0.15, 0.2) is 5.96 Å². The molecule has 0 radical (unpaired) electrons. The predicted molar refractivity (Wildman–Crippen MR) is 117 cm³/mol. The Labute approximate surface area is 175 Å². The molecule has 0 saturated carbocycles. The molecule has 0 aromatic heterocycles. The number of carbonyl (C=O) groups is 2. The van der Waals surface area contributed by atoms with Crippen LogP contribution in [0.5, 0.6) is 0 Å². The first kappa shape index (κ1) is 22.2. The van der Waals surface area contributed by atoms with Gasteiger partial charge in [-0.2, -0.15) is 0 Å². The average Bonchev–Trinajstić information content (AvgIpc) is 2.75. The summed E-state index contributed by atoms with van der Waals surface area (Å²) in [5.74, 6) is 0.326. The summed E-state index contributed by atoms with van der Waals surface area (Å²) in [6.45, 7) is 1.60. The molecule has 0 heterocycles. The van der Waals surface area contributed by atoms with Crippen LogP contribution in [0.15, 0.2) is 53.5 Å². The van der Waals surface area contributed by atoms with E-state index in [1.165, 1.54) is 0 Å². The summed E-state index contributed by atoms with van der Waals surface area (Å²) in [7, 11) is 3.30. The summed E-state index contributed by atoms with van der Waals surface area (Å²) >= 11 is 6.02. The van der Waals surface area contributed by atoms with E-state index in [9.17, 15) is 9.59 Å². The van der Waals surface area contributed by atoms with Gasteiger partial charge in [-0.1, -0.05) is 35.9 Å². The van der Waals surface area contributed by atoms with Crippen molar-refractivity contribution in [3.8, 4) is 0 Å². The van der Waals surface area contributed by atoms with Gasteiger partial charge in [-0.25, -0.2) is 0 Å². The summed E-state index contributed by atoms with van der Waals surface area (Å²) in [5.41, 5.74) is 2.15. The van der Waals surface area contributed by atoms with Crippen molar-refractivity contribution in [2.75, 3.05) is 33.7 Å². The lowest BCUT2D eigenvalue weighted by Gasteiger charge is -2.13. The maximum atomic E-state index is 12.1. The molecule has 0 spiro atoms. The number of benzene rings is 2. The van der Waals surface area contributed by atoms with Gasteiger partial charge in [0.2, 0.25) is 0 Å². The van der Waals surface area contributed by atoms with Gasteiger partial charge >= 0.3 is 0 Å². The van der Waals surface area contributed by atoms with E-state index in [1.54, 1.807) is 44.4 Å². The summed E-state index contributed by atoms with van der Waals surface area (Å²) in [6.07, 6.45) is 0.745. The van der Waals surface area contributed by atoms with E-state index >= 15 is 0 Å². The number of hydrogen-bond acceptors (Lipinski definition) is 3. The van der Waals surface area contributed by atoms with Crippen LogP contribution in [0.1, 0.15) is 26.3 Å². The molecule has 4 N–H and O–H groups in total. The highest BCUT2D eigenvalue weighted by atomic mass is 35.5. The molecule has 2 rings (SSSR count). The zero-order chi connectivity index (χ0) is 21.1. The number of hydrogen-bond donors (Lipinski definition) is 4. The highest BCUT2D eigenvalue weighted by Gasteiger charge is 2.08. The number of rotatable bonds is 8. The van der Waals surface area contributed by atoms with Crippen molar-refractivity contribution < 1.29 is 9.59 Å². The molecule has 0 bridgehead atoms. The zero-order valence-electron chi connectivity index (χ0n) is 16.6. The van der Waals surface area contributed by atoms with Crippen molar-refractivity contribution in [2.45, 2.75) is 6.42 Å².